The van der Waals surface area contributed by atoms with Crippen molar-refractivity contribution in [3.05, 3.63) is 200 Å². The van der Waals surface area contributed by atoms with Crippen LogP contribution in [0.2, 0.25) is 0 Å². The van der Waals surface area contributed by atoms with Crippen molar-refractivity contribution >= 4 is 67.5 Å². The van der Waals surface area contributed by atoms with Crippen molar-refractivity contribution in [3.8, 4) is 62.3 Å². The summed E-state index contributed by atoms with van der Waals surface area (Å²) < 4.78 is 44.3. The average molecular weight is 1500 g/mol. The van der Waals surface area contributed by atoms with Crippen LogP contribution in [0.4, 0.5) is 0 Å². The highest BCUT2D eigenvalue weighted by Crippen LogP contribution is 2.61. The van der Waals surface area contributed by atoms with Gasteiger partial charge in [0, 0.05) is 43.8 Å². The Balaban J connectivity index is 0.000000131. The average Bonchev–Trinajstić information content (AvgIpc) is 1.75. The second kappa shape index (κ2) is 36.2. The summed E-state index contributed by atoms with van der Waals surface area (Å²) in [5.74, 6) is 5.15. The number of aryl methyl sites for hydroxylation is 1. The predicted octanol–water partition coefficient (Wildman–Crippen LogP) is 19.4. The Bertz CT molecular complexity index is 5140. The Kier molecular flexibility index (Phi) is 25.4. The van der Waals surface area contributed by atoms with E-state index >= 15 is 0 Å². The monoisotopic (exact) mass is 1500 g/mol. The number of aromatic nitrogens is 8. The van der Waals surface area contributed by atoms with Crippen molar-refractivity contribution in [2.75, 3.05) is 48.3 Å². The summed E-state index contributed by atoms with van der Waals surface area (Å²) in [6, 6.07) is 64.0. The van der Waals surface area contributed by atoms with Crippen LogP contribution < -0.4 is 14.2 Å². The molecule has 5 aliphatic rings. The first-order valence-corrected chi connectivity index (χ1v) is 39.3. The summed E-state index contributed by atoms with van der Waals surface area (Å²) in [7, 11) is 5.56. The lowest BCUT2D eigenvalue weighted by atomic mass is 9.49. The third-order valence-electron chi connectivity index (χ3n) is 22.3. The Labute approximate surface area is 650 Å². The van der Waals surface area contributed by atoms with E-state index in [0.717, 1.165) is 161 Å². The standard InChI is InChI=1S/C28H32N2O3.C25H30N2O3.C22H26N2O3.C17H16N2O2/c1-32-26(31)18-30-25-8-3-2-7-24(25)27(29-30)22-5-4-6-23(14-22)33-10-9-28-15-19-11-20(16-28)13-21(12-19)17-28;1-29-24(28)18-27-23-15-6-5-14-22(23)25(26-27)20-12-7-13-21(17-20)30-16-8-11-19-9-3-2-4-10-19;1-22(2,3)12-13-27-17-9-7-8-16(14-17)21-18-10-5-6-11-19(18)24(23-21)15-20(25)26-4;1-12-7-6-10-14-16(12)17(13-8-4-3-5-9-13)18-19(14)11-15(20)21-2/h2-8,14,19-21H,9-13,15-18H2,1H3;5-7,12-15,17,19H,2-4,8-11,16,18H2,1H3;5-11,14H,12-13,15H2,1-4H3;3-10H,11H2,1-2H3. The largest absolute Gasteiger partial charge is 0.494 e. The van der Waals surface area contributed by atoms with Gasteiger partial charge in [-0.25, -0.2) is 0 Å². The van der Waals surface area contributed by atoms with Crippen LogP contribution in [0.5, 0.6) is 17.2 Å². The molecule has 4 aromatic heterocycles. The van der Waals surface area contributed by atoms with Gasteiger partial charge in [-0.3, -0.25) is 37.9 Å². The van der Waals surface area contributed by atoms with Gasteiger partial charge in [0.05, 0.1) is 70.3 Å². The molecule has 0 amide bonds. The van der Waals surface area contributed by atoms with E-state index in [2.05, 4.69) is 56.1 Å². The van der Waals surface area contributed by atoms with Gasteiger partial charge >= 0.3 is 23.9 Å². The SMILES string of the molecule is COC(=O)Cn1nc(-c2cccc(OCCC(C)(C)C)c2)c2ccccc21.COC(=O)Cn1nc(-c2cccc(OCCC34CC5CC(CC(C5)C3)C4)c2)c2ccccc21.COC(=O)Cn1nc(-c2cccc(OCCCC3CCCCC3)c2)c2ccccc21.COC(=O)Cn1nc(-c2ccccc2)c2c(C)cccc21. The molecule has 111 heavy (non-hydrogen) atoms. The van der Waals surface area contributed by atoms with Gasteiger partial charge in [-0.15, -0.1) is 0 Å². The molecule has 0 unspecified atom stereocenters. The number of rotatable bonds is 24. The van der Waals surface area contributed by atoms with Gasteiger partial charge in [0.1, 0.15) is 66.2 Å². The number of fused-ring (bicyclic) bond motifs is 4. The van der Waals surface area contributed by atoms with Crippen LogP contribution in [0, 0.1) is 41.4 Å². The topological polar surface area (TPSA) is 204 Å². The van der Waals surface area contributed by atoms with Crippen molar-refractivity contribution in [2.45, 2.75) is 150 Å². The summed E-state index contributed by atoms with van der Waals surface area (Å²) in [5, 5.41) is 22.9. The highest BCUT2D eigenvalue weighted by Gasteiger charge is 2.50. The quantitative estimate of drug-likeness (QED) is 0.0313. The summed E-state index contributed by atoms with van der Waals surface area (Å²) in [6.45, 7) is 11.2. The van der Waals surface area contributed by atoms with Crippen molar-refractivity contribution < 1.29 is 52.3 Å². The molecular weight excluding hydrogens is 1390 g/mol. The molecule has 19 nitrogen and oxygen atoms in total. The Morgan fingerprint density at radius 1 is 0.414 bits per heavy atom. The lowest BCUT2D eigenvalue weighted by molar-refractivity contribution is -0.142. The fourth-order valence-corrected chi connectivity index (χ4v) is 17.1. The van der Waals surface area contributed by atoms with E-state index in [1.807, 2.05) is 176 Å². The van der Waals surface area contributed by atoms with Crippen molar-refractivity contribution in [1.29, 1.82) is 0 Å². The van der Waals surface area contributed by atoms with Gasteiger partial charge in [-0.05, 0) is 172 Å². The molecule has 4 bridgehead atoms. The molecule has 19 heteroatoms. The fourth-order valence-electron chi connectivity index (χ4n) is 17.1. The van der Waals surface area contributed by atoms with E-state index in [1.54, 1.807) is 18.7 Å². The van der Waals surface area contributed by atoms with Crippen LogP contribution in [-0.4, -0.2) is 111 Å². The Morgan fingerprint density at radius 2 is 0.784 bits per heavy atom. The fraction of sp³-hybridized carbons (Fsp3) is 0.391. The molecule has 12 aromatic rings. The van der Waals surface area contributed by atoms with Crippen LogP contribution >= 0.6 is 0 Å². The first-order chi connectivity index (χ1) is 53.9. The van der Waals surface area contributed by atoms with Crippen molar-refractivity contribution in [2.24, 2.45) is 34.5 Å². The lowest BCUT2D eigenvalue weighted by Crippen LogP contribution is -2.46. The van der Waals surface area contributed by atoms with Gasteiger partial charge in [0.2, 0.25) is 0 Å². The summed E-state index contributed by atoms with van der Waals surface area (Å²) >= 11 is 0. The molecule has 5 saturated carbocycles. The maximum Gasteiger partial charge on any atom is 0.327 e. The zero-order valence-corrected chi connectivity index (χ0v) is 65.4. The minimum absolute atomic E-state index is 0.0821. The molecule has 4 heterocycles. The van der Waals surface area contributed by atoms with Crippen LogP contribution in [-0.2, 0) is 64.3 Å². The van der Waals surface area contributed by atoms with Gasteiger partial charge in [0.15, 0.2) is 0 Å². The molecule has 17 rings (SSSR count). The molecule has 5 fully saturated rings. The molecule has 0 saturated heterocycles. The maximum absolute atomic E-state index is 11.9. The first kappa shape index (κ1) is 78.1. The van der Waals surface area contributed by atoms with Crippen molar-refractivity contribution in [3.63, 3.8) is 0 Å². The number of ether oxygens (including phenoxy) is 7. The lowest BCUT2D eigenvalue weighted by Gasteiger charge is -2.57. The number of carbonyl (C=O) groups is 4. The highest BCUT2D eigenvalue weighted by atomic mass is 16.5. The molecule has 8 aromatic carbocycles. The zero-order chi connectivity index (χ0) is 77.4. The van der Waals surface area contributed by atoms with E-state index in [9.17, 15) is 19.2 Å². The molecule has 0 N–H and O–H groups in total. The molecule has 0 atom stereocenters. The minimum atomic E-state index is -0.325. The van der Waals surface area contributed by atoms with E-state index < -0.39 is 0 Å². The number of methoxy groups -OCH3 is 4. The van der Waals surface area contributed by atoms with Crippen molar-refractivity contribution in [1.82, 2.24) is 39.1 Å². The number of carbonyl (C=O) groups excluding carboxylic acids is 4. The van der Waals surface area contributed by atoms with Gasteiger partial charge in [-0.2, -0.15) is 20.4 Å². The number of esters is 4. The minimum Gasteiger partial charge on any atom is -0.494 e. The van der Waals surface area contributed by atoms with E-state index in [4.69, 9.17) is 43.4 Å². The summed E-state index contributed by atoms with van der Waals surface area (Å²) in [6.07, 6.45) is 20.2. The molecule has 5 aliphatic carbocycles. The smallest absolute Gasteiger partial charge is 0.327 e. The second-order valence-corrected chi connectivity index (χ2v) is 31.5. The van der Waals surface area contributed by atoms with E-state index in [-0.39, 0.29) is 55.5 Å². The summed E-state index contributed by atoms with van der Waals surface area (Å²) in [4.78, 5) is 46.9. The van der Waals surface area contributed by atoms with Crippen LogP contribution in [0.15, 0.2) is 194 Å². The zero-order valence-electron chi connectivity index (χ0n) is 65.4. The van der Waals surface area contributed by atoms with Gasteiger partial charge in [-0.1, -0.05) is 186 Å². The third-order valence-corrected chi connectivity index (χ3v) is 22.3. The normalized spacial score (nSPS) is 17.1. The van der Waals surface area contributed by atoms with Gasteiger partial charge < -0.3 is 33.2 Å². The second-order valence-electron chi connectivity index (χ2n) is 31.5. The molecular formula is C92H104N8O11. The molecule has 0 aliphatic heterocycles. The third kappa shape index (κ3) is 19.6. The Hall–Kier alpha value is -11.1. The maximum atomic E-state index is 11.9. The first-order valence-electron chi connectivity index (χ1n) is 39.3. The summed E-state index contributed by atoms with van der Waals surface area (Å²) in [5.41, 5.74) is 13.0. The van der Waals surface area contributed by atoms with Crippen LogP contribution in [0.1, 0.15) is 123 Å². The van der Waals surface area contributed by atoms with E-state index in [0.29, 0.717) is 12.0 Å². The Morgan fingerprint density at radius 3 is 1.22 bits per heavy atom. The van der Waals surface area contributed by atoms with Gasteiger partial charge in [0.25, 0.3) is 0 Å². The van der Waals surface area contributed by atoms with Crippen LogP contribution in [0.25, 0.3) is 88.6 Å². The number of benzene rings is 8. The number of nitrogens with zero attached hydrogens (tertiary/aromatic N) is 8. The molecule has 0 radical (unpaired) electrons. The number of hydrogen-bond acceptors (Lipinski definition) is 15. The number of hydrogen-bond donors (Lipinski definition) is 0. The number of para-hydroxylation sites is 3. The van der Waals surface area contributed by atoms with E-state index in [1.165, 1.54) is 112 Å². The van der Waals surface area contributed by atoms with Crippen LogP contribution in [0.3, 0.4) is 0 Å². The predicted molar refractivity (Wildman–Crippen MR) is 435 cm³/mol. The highest BCUT2D eigenvalue weighted by molar-refractivity contribution is 5.98. The molecule has 0 spiro atoms. The molecule has 578 valence electrons.